The molecular weight excluding hydrogens is 484 g/mol. The number of carboxylic acid groups (broad SMARTS) is 1. The molecule has 0 aliphatic carbocycles. The molecule has 0 unspecified atom stereocenters. The van der Waals surface area contributed by atoms with Crippen molar-refractivity contribution in [1.29, 1.82) is 0 Å². The number of hydrogen-bond donors (Lipinski definition) is 2. The molecule has 0 fully saturated rings. The number of aliphatic carboxylic acids is 1. The highest BCUT2D eigenvalue weighted by molar-refractivity contribution is 7.93. The Morgan fingerprint density at radius 3 is 2.24 bits per heavy atom. The third kappa shape index (κ3) is 5.88. The molecule has 0 heterocycles. The van der Waals surface area contributed by atoms with Crippen molar-refractivity contribution in [3.8, 4) is 11.5 Å². The van der Waals surface area contributed by atoms with E-state index >= 15 is 0 Å². The minimum Gasteiger partial charge on any atom is -0.493 e. The minimum absolute atomic E-state index is 0.0535. The molecule has 0 radical (unpaired) electrons. The summed E-state index contributed by atoms with van der Waals surface area (Å²) in [7, 11) is -5.54. The Balaban J connectivity index is 2.63. The number of aryl methyl sites for hydroxylation is 1. The van der Waals surface area contributed by atoms with E-state index in [9.17, 15) is 21.6 Å². The lowest BCUT2D eigenvalue weighted by Crippen LogP contribution is -2.30. The van der Waals surface area contributed by atoms with Crippen LogP contribution in [0.3, 0.4) is 0 Å². The Kier molecular flexibility index (Phi) is 8.70. The zero-order valence-corrected chi connectivity index (χ0v) is 21.2. The summed E-state index contributed by atoms with van der Waals surface area (Å²) in [6, 6.07) is 6.85. The van der Waals surface area contributed by atoms with Gasteiger partial charge in [-0.05, 0) is 48.4 Å². The van der Waals surface area contributed by atoms with Crippen molar-refractivity contribution < 1.29 is 36.2 Å². The third-order valence-electron chi connectivity index (χ3n) is 4.97. The van der Waals surface area contributed by atoms with Crippen molar-refractivity contribution in [1.82, 2.24) is 4.31 Å². The molecular formula is C22H28N2O8S2. The molecule has 0 atom stereocenters. The van der Waals surface area contributed by atoms with Crippen LogP contribution in [0.15, 0.2) is 46.2 Å². The molecule has 0 bridgehead atoms. The summed E-state index contributed by atoms with van der Waals surface area (Å²) < 4.78 is 66.7. The summed E-state index contributed by atoms with van der Waals surface area (Å²) in [5.41, 5.74) is 0.811. The van der Waals surface area contributed by atoms with E-state index in [1.807, 2.05) is 0 Å². The summed E-state index contributed by atoms with van der Waals surface area (Å²) in [5, 5.41) is 8.90. The van der Waals surface area contributed by atoms with E-state index < -0.39 is 26.0 Å². The van der Waals surface area contributed by atoms with Gasteiger partial charge >= 0.3 is 5.97 Å². The van der Waals surface area contributed by atoms with Crippen molar-refractivity contribution >= 4 is 37.8 Å². The van der Waals surface area contributed by atoms with Gasteiger partial charge in [-0.1, -0.05) is 19.9 Å². The van der Waals surface area contributed by atoms with Crippen molar-refractivity contribution in [2.45, 2.75) is 30.6 Å². The average Bonchev–Trinajstić information content (AvgIpc) is 2.78. The second kappa shape index (κ2) is 10.9. The van der Waals surface area contributed by atoms with Crippen molar-refractivity contribution in [3.05, 3.63) is 47.5 Å². The van der Waals surface area contributed by atoms with Crippen LogP contribution in [0.4, 0.5) is 5.69 Å². The Labute approximate surface area is 199 Å². The normalized spacial score (nSPS) is 12.2. The summed E-state index contributed by atoms with van der Waals surface area (Å²) >= 11 is 0. The lowest BCUT2D eigenvalue weighted by Gasteiger charge is -2.20. The van der Waals surface area contributed by atoms with E-state index in [0.29, 0.717) is 5.56 Å². The van der Waals surface area contributed by atoms with E-state index in [-0.39, 0.29) is 45.6 Å². The van der Waals surface area contributed by atoms with Crippen LogP contribution in [0, 0.1) is 6.92 Å². The second-order valence-electron chi connectivity index (χ2n) is 7.10. The fourth-order valence-electron chi connectivity index (χ4n) is 3.20. The average molecular weight is 513 g/mol. The SMILES string of the molecule is CCN(CC)S(=O)(=O)c1ccc(C)c(NS(=O)(=O)c2cc(/C=C/C(=O)O)cc(OC)c2OC)c1. The highest BCUT2D eigenvalue weighted by Gasteiger charge is 2.26. The number of ether oxygens (including phenoxy) is 2. The van der Waals surface area contributed by atoms with Gasteiger partial charge in [0.1, 0.15) is 4.90 Å². The number of hydrogen-bond acceptors (Lipinski definition) is 7. The van der Waals surface area contributed by atoms with Crippen LogP contribution in [0.25, 0.3) is 6.08 Å². The van der Waals surface area contributed by atoms with Crippen LogP contribution >= 0.6 is 0 Å². The molecule has 2 aromatic rings. The molecule has 2 rings (SSSR count). The molecule has 0 saturated carbocycles. The first-order valence-corrected chi connectivity index (χ1v) is 13.1. The van der Waals surface area contributed by atoms with Crippen LogP contribution in [-0.2, 0) is 24.8 Å². The first-order valence-electron chi connectivity index (χ1n) is 10.2. The number of nitrogens with one attached hydrogen (secondary N) is 1. The summed E-state index contributed by atoms with van der Waals surface area (Å²) in [5.74, 6) is -1.23. The molecule has 0 aromatic heterocycles. The number of carboxylic acids is 1. The molecule has 0 amide bonds. The second-order valence-corrected chi connectivity index (χ2v) is 10.7. The molecule has 0 spiro atoms. The van der Waals surface area contributed by atoms with Gasteiger partial charge in [-0.25, -0.2) is 21.6 Å². The number of anilines is 1. The highest BCUT2D eigenvalue weighted by atomic mass is 32.2. The molecule has 2 N–H and O–H groups in total. The monoisotopic (exact) mass is 512 g/mol. The van der Waals surface area contributed by atoms with Crippen LogP contribution < -0.4 is 14.2 Å². The maximum Gasteiger partial charge on any atom is 0.328 e. The molecule has 0 aliphatic heterocycles. The third-order valence-corrected chi connectivity index (χ3v) is 8.39. The number of sulfonamides is 2. The maximum atomic E-state index is 13.4. The molecule has 0 aliphatic rings. The van der Waals surface area contributed by atoms with Crippen LogP contribution in [0.1, 0.15) is 25.0 Å². The van der Waals surface area contributed by atoms with Gasteiger partial charge in [-0.15, -0.1) is 0 Å². The lowest BCUT2D eigenvalue weighted by atomic mass is 10.2. The summed E-state index contributed by atoms with van der Waals surface area (Å²) in [4.78, 5) is 10.5. The maximum absolute atomic E-state index is 13.4. The molecule has 2 aromatic carbocycles. The van der Waals surface area contributed by atoms with Gasteiger partial charge in [0.25, 0.3) is 10.0 Å². The Morgan fingerprint density at radius 1 is 1.06 bits per heavy atom. The van der Waals surface area contributed by atoms with Crippen LogP contribution in [0.2, 0.25) is 0 Å². The molecule has 0 saturated heterocycles. The smallest absolute Gasteiger partial charge is 0.328 e. The van der Waals surface area contributed by atoms with Gasteiger partial charge in [0.05, 0.1) is 24.8 Å². The number of methoxy groups -OCH3 is 2. The van der Waals surface area contributed by atoms with Gasteiger partial charge in [0.15, 0.2) is 11.5 Å². The van der Waals surface area contributed by atoms with Gasteiger partial charge in [-0.3, -0.25) is 4.72 Å². The van der Waals surface area contributed by atoms with Crippen molar-refractivity contribution in [2.75, 3.05) is 32.0 Å². The fraction of sp³-hybridized carbons (Fsp3) is 0.318. The number of carbonyl (C=O) groups is 1. The van der Waals surface area contributed by atoms with Crippen LogP contribution in [0.5, 0.6) is 11.5 Å². The first kappa shape index (κ1) is 27.2. The van der Waals surface area contributed by atoms with E-state index in [0.717, 1.165) is 6.08 Å². The first-order chi connectivity index (χ1) is 15.9. The molecule has 12 heteroatoms. The van der Waals surface area contributed by atoms with Crippen molar-refractivity contribution in [3.63, 3.8) is 0 Å². The molecule has 186 valence electrons. The predicted octanol–water partition coefficient (Wildman–Crippen LogP) is 2.94. The zero-order valence-electron chi connectivity index (χ0n) is 19.5. The number of benzene rings is 2. The minimum atomic E-state index is -4.31. The van der Waals surface area contributed by atoms with E-state index in [1.54, 1.807) is 20.8 Å². The summed E-state index contributed by atoms with van der Waals surface area (Å²) in [6.07, 6.45) is 2.07. The van der Waals surface area contributed by atoms with Gasteiger partial charge < -0.3 is 14.6 Å². The summed E-state index contributed by atoms with van der Waals surface area (Å²) in [6.45, 7) is 5.59. The van der Waals surface area contributed by atoms with Gasteiger partial charge in [0.2, 0.25) is 10.0 Å². The van der Waals surface area contributed by atoms with Crippen LogP contribution in [-0.4, -0.2) is 59.5 Å². The van der Waals surface area contributed by atoms with E-state index in [2.05, 4.69) is 4.72 Å². The molecule has 10 nitrogen and oxygen atoms in total. The van der Waals surface area contributed by atoms with Gasteiger partial charge in [-0.2, -0.15) is 4.31 Å². The van der Waals surface area contributed by atoms with E-state index in [4.69, 9.17) is 14.6 Å². The number of nitrogens with zero attached hydrogens (tertiary/aromatic N) is 1. The quantitative estimate of drug-likeness (QED) is 0.438. The van der Waals surface area contributed by atoms with Crippen molar-refractivity contribution in [2.24, 2.45) is 0 Å². The highest BCUT2D eigenvalue weighted by Crippen LogP contribution is 2.37. The Bertz CT molecular complexity index is 1300. The lowest BCUT2D eigenvalue weighted by molar-refractivity contribution is -0.131. The topological polar surface area (TPSA) is 139 Å². The van der Waals surface area contributed by atoms with Gasteiger partial charge in [0, 0.05) is 19.2 Å². The fourth-order valence-corrected chi connectivity index (χ4v) is 6.02. The Morgan fingerprint density at radius 2 is 1.71 bits per heavy atom. The largest absolute Gasteiger partial charge is 0.493 e. The zero-order chi connectivity index (χ0) is 25.7. The Hall–Kier alpha value is -3.09. The van der Waals surface area contributed by atoms with E-state index in [1.165, 1.54) is 54.9 Å². The standard InChI is InChI=1S/C22H28N2O8S2/c1-6-24(7-2)34(29,30)17-10-8-15(3)18(14-17)23-33(27,28)20-13-16(9-11-21(25)26)12-19(31-4)22(20)32-5/h8-14,23H,6-7H2,1-5H3,(H,25,26)/b11-9+. The predicted molar refractivity (Wildman–Crippen MR) is 128 cm³/mol. The number of rotatable bonds is 11. The molecule has 34 heavy (non-hydrogen) atoms.